The molecule has 0 bridgehead atoms. The van der Waals surface area contributed by atoms with Crippen LogP contribution in [0.1, 0.15) is 22.2 Å². The summed E-state index contributed by atoms with van der Waals surface area (Å²) in [6.45, 7) is 0.271. The van der Waals surface area contributed by atoms with E-state index in [1.165, 1.54) is 30.5 Å². The van der Waals surface area contributed by atoms with Crippen LogP contribution in [0, 0.1) is 5.82 Å². The number of anilines is 2. The summed E-state index contributed by atoms with van der Waals surface area (Å²) in [5, 5.41) is 8.36. The fourth-order valence-corrected chi connectivity index (χ4v) is 3.19. The molecular formula is C22H22ClFN4O3. The Labute approximate surface area is 184 Å². The molecule has 3 aromatic rings. The molecule has 7 nitrogen and oxygen atoms in total. The minimum atomic E-state index is -0.438. The van der Waals surface area contributed by atoms with E-state index in [0.717, 1.165) is 5.56 Å². The van der Waals surface area contributed by atoms with E-state index in [1.807, 2.05) is 25.1 Å². The first-order valence-corrected chi connectivity index (χ1v) is 9.82. The van der Waals surface area contributed by atoms with Crippen LogP contribution in [0.5, 0.6) is 0 Å². The average molecular weight is 445 g/mol. The summed E-state index contributed by atoms with van der Waals surface area (Å²) in [6, 6.07) is 13.5. The lowest BCUT2D eigenvalue weighted by atomic mass is 10.1. The summed E-state index contributed by atoms with van der Waals surface area (Å²) in [4.78, 5) is 26.3. The molecule has 162 valence electrons. The van der Waals surface area contributed by atoms with E-state index >= 15 is 0 Å². The van der Waals surface area contributed by atoms with E-state index < -0.39 is 11.9 Å². The molecule has 2 aromatic carbocycles. The van der Waals surface area contributed by atoms with Gasteiger partial charge >= 0.3 is 6.03 Å². The molecule has 1 unspecified atom stereocenters. The molecule has 3 rings (SSSR count). The zero-order valence-electron chi connectivity index (χ0n) is 17.0. The summed E-state index contributed by atoms with van der Waals surface area (Å²) in [7, 11) is 3.70. The average Bonchev–Trinajstić information content (AvgIpc) is 3.25. The van der Waals surface area contributed by atoms with Gasteiger partial charge in [0, 0.05) is 12.2 Å². The van der Waals surface area contributed by atoms with Gasteiger partial charge in [0.2, 0.25) is 0 Å². The smallest absolute Gasteiger partial charge is 0.319 e. The van der Waals surface area contributed by atoms with Crippen molar-refractivity contribution < 1.29 is 18.4 Å². The van der Waals surface area contributed by atoms with Gasteiger partial charge in [-0.3, -0.25) is 4.79 Å². The Morgan fingerprint density at radius 1 is 1.10 bits per heavy atom. The summed E-state index contributed by atoms with van der Waals surface area (Å²) in [5.74, 6) is -0.605. The Balaban J connectivity index is 1.58. The number of nitrogens with zero attached hydrogens (tertiary/aromatic N) is 1. The molecule has 0 saturated heterocycles. The van der Waals surface area contributed by atoms with E-state index in [-0.39, 0.29) is 29.2 Å². The highest BCUT2D eigenvalue weighted by Gasteiger charge is 2.16. The van der Waals surface area contributed by atoms with Crippen molar-refractivity contribution in [2.45, 2.75) is 6.04 Å². The molecule has 0 aliphatic carbocycles. The maximum absolute atomic E-state index is 13.5. The second-order valence-corrected chi connectivity index (χ2v) is 7.40. The number of carbonyl (C=O) groups excluding carboxylic acids is 2. The van der Waals surface area contributed by atoms with Crippen LogP contribution < -0.4 is 16.0 Å². The minimum Gasteiger partial charge on any atom is -0.459 e. The molecule has 31 heavy (non-hydrogen) atoms. The number of furan rings is 1. The lowest BCUT2D eigenvalue weighted by Crippen LogP contribution is -2.36. The Hall–Kier alpha value is -3.36. The van der Waals surface area contributed by atoms with Crippen molar-refractivity contribution in [1.82, 2.24) is 10.2 Å². The van der Waals surface area contributed by atoms with Crippen molar-refractivity contribution >= 4 is 34.9 Å². The van der Waals surface area contributed by atoms with Gasteiger partial charge in [0.1, 0.15) is 5.82 Å². The molecule has 0 radical (unpaired) electrons. The zero-order chi connectivity index (χ0) is 22.4. The number of nitrogens with one attached hydrogen (secondary N) is 3. The lowest BCUT2D eigenvalue weighted by Gasteiger charge is -2.25. The van der Waals surface area contributed by atoms with Gasteiger partial charge < -0.3 is 25.3 Å². The Bertz CT molecular complexity index is 1060. The predicted octanol–water partition coefficient (Wildman–Crippen LogP) is 4.75. The third-order valence-corrected chi connectivity index (χ3v) is 4.85. The van der Waals surface area contributed by atoms with Gasteiger partial charge in [-0.05, 0) is 62.1 Å². The molecule has 0 fully saturated rings. The van der Waals surface area contributed by atoms with E-state index in [9.17, 15) is 14.0 Å². The topological polar surface area (TPSA) is 86.6 Å². The molecule has 1 atom stereocenters. The van der Waals surface area contributed by atoms with Crippen molar-refractivity contribution in [1.29, 1.82) is 0 Å². The van der Waals surface area contributed by atoms with Crippen molar-refractivity contribution in [2.24, 2.45) is 0 Å². The number of rotatable bonds is 7. The summed E-state index contributed by atoms with van der Waals surface area (Å²) in [5.41, 5.74) is 1.59. The first-order chi connectivity index (χ1) is 14.8. The standard InChI is InChI=1S/C22H22ClFN4O3/c1-28(2)19(14-5-3-6-15(24)11-14)13-25-22(30)26-16-8-9-18(17(23)12-16)27-21(29)20-7-4-10-31-20/h3-12,19H,13H2,1-2H3,(H,27,29)(H2,25,26,30). The fourth-order valence-electron chi connectivity index (χ4n) is 2.96. The molecule has 0 spiro atoms. The van der Waals surface area contributed by atoms with Crippen LogP contribution in [0.2, 0.25) is 5.02 Å². The molecule has 3 amide bonds. The van der Waals surface area contributed by atoms with Crippen LogP contribution in [0.15, 0.2) is 65.3 Å². The molecule has 1 aromatic heterocycles. The maximum atomic E-state index is 13.5. The molecule has 0 aliphatic rings. The zero-order valence-corrected chi connectivity index (χ0v) is 17.7. The Morgan fingerprint density at radius 2 is 1.90 bits per heavy atom. The third-order valence-electron chi connectivity index (χ3n) is 4.53. The molecule has 3 N–H and O–H groups in total. The number of urea groups is 1. The molecule has 0 aliphatic heterocycles. The van der Waals surface area contributed by atoms with E-state index in [0.29, 0.717) is 11.4 Å². The first kappa shape index (κ1) is 22.3. The molecule has 1 heterocycles. The van der Waals surface area contributed by atoms with Gasteiger partial charge in [0.15, 0.2) is 5.76 Å². The highest BCUT2D eigenvalue weighted by atomic mass is 35.5. The summed E-state index contributed by atoms with van der Waals surface area (Å²) in [6.07, 6.45) is 1.40. The highest BCUT2D eigenvalue weighted by Crippen LogP contribution is 2.26. The monoisotopic (exact) mass is 444 g/mol. The number of benzene rings is 2. The van der Waals surface area contributed by atoms with Crippen molar-refractivity contribution in [3.63, 3.8) is 0 Å². The summed E-state index contributed by atoms with van der Waals surface area (Å²) >= 11 is 6.22. The number of carbonyl (C=O) groups is 2. The Morgan fingerprint density at radius 3 is 2.55 bits per heavy atom. The van der Waals surface area contributed by atoms with E-state index in [4.69, 9.17) is 16.0 Å². The predicted molar refractivity (Wildman–Crippen MR) is 118 cm³/mol. The van der Waals surface area contributed by atoms with Gasteiger partial charge in [0.05, 0.1) is 23.0 Å². The fraction of sp³-hybridized carbons (Fsp3) is 0.182. The van der Waals surface area contributed by atoms with Crippen LogP contribution >= 0.6 is 11.6 Å². The first-order valence-electron chi connectivity index (χ1n) is 9.44. The molecular weight excluding hydrogens is 423 g/mol. The molecule has 9 heteroatoms. The largest absolute Gasteiger partial charge is 0.459 e. The van der Waals surface area contributed by atoms with Crippen LogP contribution in [0.25, 0.3) is 0 Å². The second-order valence-electron chi connectivity index (χ2n) is 7.00. The van der Waals surface area contributed by atoms with Crippen LogP contribution in [-0.2, 0) is 0 Å². The van der Waals surface area contributed by atoms with Gasteiger partial charge in [-0.15, -0.1) is 0 Å². The minimum absolute atomic E-state index is 0.159. The van der Waals surface area contributed by atoms with Crippen molar-refractivity contribution in [2.75, 3.05) is 31.3 Å². The maximum Gasteiger partial charge on any atom is 0.319 e. The van der Waals surface area contributed by atoms with E-state index in [1.54, 1.807) is 24.3 Å². The quantitative estimate of drug-likeness (QED) is 0.491. The lowest BCUT2D eigenvalue weighted by molar-refractivity contribution is 0.0996. The highest BCUT2D eigenvalue weighted by molar-refractivity contribution is 6.34. The number of hydrogen-bond acceptors (Lipinski definition) is 4. The molecule has 0 saturated carbocycles. The van der Waals surface area contributed by atoms with Crippen LogP contribution in [-0.4, -0.2) is 37.5 Å². The van der Waals surface area contributed by atoms with Gasteiger partial charge in [-0.1, -0.05) is 23.7 Å². The SMILES string of the molecule is CN(C)C(CNC(=O)Nc1ccc(NC(=O)c2ccco2)c(Cl)c1)c1cccc(F)c1. The number of hydrogen-bond donors (Lipinski definition) is 3. The number of likely N-dealkylation sites (N-methyl/N-ethyl adjacent to an activating group) is 1. The van der Waals surface area contributed by atoms with E-state index in [2.05, 4.69) is 16.0 Å². The normalized spacial score (nSPS) is 11.8. The van der Waals surface area contributed by atoms with Gasteiger partial charge in [-0.2, -0.15) is 0 Å². The third kappa shape index (κ3) is 6.07. The number of amides is 3. The van der Waals surface area contributed by atoms with Crippen LogP contribution in [0.4, 0.5) is 20.6 Å². The second kappa shape index (κ2) is 10.1. The Kier molecular flexibility index (Phi) is 7.28. The van der Waals surface area contributed by atoms with Gasteiger partial charge in [-0.25, -0.2) is 9.18 Å². The summed E-state index contributed by atoms with van der Waals surface area (Å²) < 4.78 is 18.6. The van der Waals surface area contributed by atoms with Crippen LogP contribution in [0.3, 0.4) is 0 Å². The van der Waals surface area contributed by atoms with Gasteiger partial charge in [0.25, 0.3) is 5.91 Å². The van der Waals surface area contributed by atoms with Crippen molar-refractivity contribution in [3.05, 3.63) is 83.0 Å². The van der Waals surface area contributed by atoms with Crippen molar-refractivity contribution in [3.8, 4) is 0 Å². The number of halogens is 2.